The Hall–Kier alpha value is -1.70. The fraction of sp³-hybridized carbons (Fsp3) is 0.267. The van der Waals surface area contributed by atoms with Crippen molar-refractivity contribution in [2.75, 3.05) is 4.72 Å². The van der Waals surface area contributed by atoms with Gasteiger partial charge < -0.3 is 9.27 Å². The number of aromatic amines is 1. The molecule has 2 aromatic heterocycles. The third-order valence-corrected chi connectivity index (χ3v) is 5.12. The Kier molecular flexibility index (Phi) is 5.33. The molecule has 6 nitrogen and oxygen atoms in total. The summed E-state index contributed by atoms with van der Waals surface area (Å²) in [5.41, 5.74) is 1.29. The zero-order valence-corrected chi connectivity index (χ0v) is 15.2. The van der Waals surface area contributed by atoms with Crippen LogP contribution in [0.2, 0.25) is 5.02 Å². The van der Waals surface area contributed by atoms with E-state index in [1.54, 1.807) is 29.2 Å². The van der Waals surface area contributed by atoms with Crippen molar-refractivity contribution in [3.63, 3.8) is 0 Å². The lowest BCUT2D eigenvalue weighted by Gasteiger charge is -2.07. The van der Waals surface area contributed by atoms with Gasteiger partial charge in [-0.1, -0.05) is 31.0 Å². The van der Waals surface area contributed by atoms with Gasteiger partial charge in [0.25, 0.3) is 5.88 Å². The molecule has 1 unspecified atom stereocenters. The molecule has 0 aliphatic rings. The van der Waals surface area contributed by atoms with Crippen molar-refractivity contribution < 1.29 is 8.50 Å². The van der Waals surface area contributed by atoms with Gasteiger partial charge in [-0.15, -0.1) is 0 Å². The van der Waals surface area contributed by atoms with E-state index in [0.29, 0.717) is 28.0 Å². The van der Waals surface area contributed by atoms with Crippen molar-refractivity contribution in [3.8, 4) is 5.88 Å². The molecule has 0 saturated heterocycles. The molecule has 0 radical (unpaired) electrons. The molecule has 0 saturated carbocycles. The molecule has 0 aliphatic heterocycles. The van der Waals surface area contributed by atoms with E-state index in [2.05, 4.69) is 21.7 Å². The molecule has 128 valence electrons. The normalized spacial score (nSPS) is 12.5. The molecular weight excluding hydrogens is 371 g/mol. The maximum atomic E-state index is 12.7. The summed E-state index contributed by atoms with van der Waals surface area (Å²) in [5.74, 6) is 0.348. The number of hydrogen-bond acceptors (Lipinski definition) is 3. The SMILES string of the molecule is CCCCn1ncc(NS(=O)c2c[nH]c3cc(Cl)ccc23)c1OCl. The van der Waals surface area contributed by atoms with Gasteiger partial charge in [-0.3, -0.25) is 4.72 Å². The van der Waals surface area contributed by atoms with Crippen LogP contribution in [0.15, 0.2) is 35.5 Å². The largest absolute Gasteiger partial charge is 0.363 e. The fourth-order valence-corrected chi connectivity index (χ4v) is 3.70. The number of aryl methyl sites for hydroxylation is 1. The van der Waals surface area contributed by atoms with Crippen molar-refractivity contribution in [1.82, 2.24) is 14.8 Å². The van der Waals surface area contributed by atoms with Gasteiger partial charge in [0.1, 0.15) is 17.6 Å². The van der Waals surface area contributed by atoms with Crippen molar-refractivity contribution in [2.45, 2.75) is 31.2 Å². The number of halogens is 2. The summed E-state index contributed by atoms with van der Waals surface area (Å²) in [6.45, 7) is 2.76. The molecule has 2 heterocycles. The van der Waals surface area contributed by atoms with Gasteiger partial charge in [-0.25, -0.2) is 8.89 Å². The fourth-order valence-electron chi connectivity index (χ4n) is 2.37. The van der Waals surface area contributed by atoms with Crippen LogP contribution >= 0.6 is 23.5 Å². The molecule has 0 aliphatic carbocycles. The average molecular weight is 387 g/mol. The van der Waals surface area contributed by atoms with Crippen molar-refractivity contribution >= 4 is 51.0 Å². The average Bonchev–Trinajstić information content (AvgIpc) is 3.15. The van der Waals surface area contributed by atoms with Gasteiger partial charge in [0, 0.05) is 28.7 Å². The molecular formula is C15H16Cl2N4O2S. The van der Waals surface area contributed by atoms with Crippen LogP contribution in [0.1, 0.15) is 19.8 Å². The van der Waals surface area contributed by atoms with Crippen molar-refractivity contribution in [3.05, 3.63) is 35.6 Å². The van der Waals surface area contributed by atoms with Crippen molar-refractivity contribution in [2.24, 2.45) is 0 Å². The second kappa shape index (κ2) is 7.46. The summed E-state index contributed by atoms with van der Waals surface area (Å²) in [6.07, 6.45) is 5.21. The highest BCUT2D eigenvalue weighted by Crippen LogP contribution is 2.29. The highest BCUT2D eigenvalue weighted by Gasteiger charge is 2.17. The van der Waals surface area contributed by atoms with E-state index in [1.807, 2.05) is 6.07 Å². The van der Waals surface area contributed by atoms with Crippen LogP contribution < -0.4 is 9.01 Å². The number of rotatable bonds is 7. The van der Waals surface area contributed by atoms with Crippen LogP contribution in [0.5, 0.6) is 5.88 Å². The molecule has 9 heteroatoms. The maximum Gasteiger partial charge on any atom is 0.259 e. The predicted octanol–water partition coefficient (Wildman–Crippen LogP) is 4.49. The van der Waals surface area contributed by atoms with Crippen LogP contribution in [0.3, 0.4) is 0 Å². The zero-order chi connectivity index (χ0) is 17.1. The van der Waals surface area contributed by atoms with E-state index in [4.69, 9.17) is 27.8 Å². The first kappa shape index (κ1) is 17.1. The molecule has 0 spiro atoms. The first-order valence-electron chi connectivity index (χ1n) is 7.43. The molecule has 2 N–H and O–H groups in total. The van der Waals surface area contributed by atoms with Crippen LogP contribution in [0.4, 0.5) is 5.69 Å². The van der Waals surface area contributed by atoms with Gasteiger partial charge >= 0.3 is 0 Å². The number of hydrogen-bond donors (Lipinski definition) is 2. The first-order valence-corrected chi connectivity index (χ1v) is 9.27. The lowest BCUT2D eigenvalue weighted by atomic mass is 10.2. The summed E-state index contributed by atoms with van der Waals surface area (Å²) in [6, 6.07) is 5.37. The number of fused-ring (bicyclic) bond motifs is 1. The molecule has 0 fully saturated rings. The number of benzene rings is 1. The zero-order valence-electron chi connectivity index (χ0n) is 12.9. The highest BCUT2D eigenvalue weighted by molar-refractivity contribution is 7.86. The van der Waals surface area contributed by atoms with Crippen LogP contribution in [0.25, 0.3) is 10.9 Å². The number of anilines is 1. The summed E-state index contributed by atoms with van der Waals surface area (Å²) in [4.78, 5) is 3.68. The van der Waals surface area contributed by atoms with Gasteiger partial charge in [0.15, 0.2) is 11.0 Å². The van der Waals surface area contributed by atoms with Crippen LogP contribution in [-0.4, -0.2) is 19.0 Å². The maximum absolute atomic E-state index is 12.7. The molecule has 1 aromatic carbocycles. The van der Waals surface area contributed by atoms with E-state index < -0.39 is 11.0 Å². The van der Waals surface area contributed by atoms with Crippen molar-refractivity contribution in [1.29, 1.82) is 0 Å². The predicted molar refractivity (Wildman–Crippen MR) is 97.0 cm³/mol. The lowest BCUT2D eigenvalue weighted by molar-refractivity contribution is 0.476. The Morgan fingerprint density at radius 2 is 2.29 bits per heavy atom. The number of unbranched alkanes of at least 4 members (excludes halogenated alkanes) is 1. The van der Waals surface area contributed by atoms with E-state index in [9.17, 15) is 4.21 Å². The van der Waals surface area contributed by atoms with Gasteiger partial charge in [-0.05, 0) is 18.6 Å². The van der Waals surface area contributed by atoms with E-state index in [0.717, 1.165) is 23.7 Å². The van der Waals surface area contributed by atoms with E-state index in [-0.39, 0.29) is 0 Å². The molecule has 24 heavy (non-hydrogen) atoms. The standard InChI is InChI=1S/C15H16Cl2N4O2S/c1-2-3-6-21-15(23-17)13(8-19-21)20-24(22)14-9-18-12-7-10(16)4-5-11(12)14/h4-5,7-9,18,20H,2-3,6H2,1H3. The number of nitrogens with one attached hydrogen (secondary N) is 2. The highest BCUT2D eigenvalue weighted by atomic mass is 35.5. The van der Waals surface area contributed by atoms with Gasteiger partial charge in [0.2, 0.25) is 0 Å². The third kappa shape index (κ3) is 3.38. The monoisotopic (exact) mass is 386 g/mol. The Bertz CT molecular complexity index is 878. The Labute approximate surface area is 151 Å². The number of aromatic nitrogens is 3. The summed E-state index contributed by atoms with van der Waals surface area (Å²) >= 11 is 11.5. The molecule has 0 amide bonds. The Balaban J connectivity index is 1.85. The summed E-state index contributed by atoms with van der Waals surface area (Å²) in [5, 5.41) is 5.66. The number of H-pyrrole nitrogens is 1. The smallest absolute Gasteiger partial charge is 0.259 e. The lowest BCUT2D eigenvalue weighted by Crippen LogP contribution is -2.06. The van der Waals surface area contributed by atoms with Crippen LogP contribution in [0, 0.1) is 0 Å². The summed E-state index contributed by atoms with van der Waals surface area (Å²) in [7, 11) is -1.51. The topological polar surface area (TPSA) is 71.9 Å². The molecule has 1 atom stereocenters. The van der Waals surface area contributed by atoms with Crippen LogP contribution in [-0.2, 0) is 17.5 Å². The number of nitrogens with zero attached hydrogens (tertiary/aromatic N) is 2. The first-order chi connectivity index (χ1) is 11.6. The quantitative estimate of drug-likeness (QED) is 0.628. The van der Waals surface area contributed by atoms with Gasteiger partial charge in [-0.2, -0.15) is 5.10 Å². The molecule has 3 aromatic rings. The minimum Gasteiger partial charge on any atom is -0.363 e. The molecule has 3 rings (SSSR count). The van der Waals surface area contributed by atoms with Gasteiger partial charge in [0.05, 0.1) is 11.1 Å². The summed E-state index contributed by atoms with van der Waals surface area (Å²) < 4.78 is 22.1. The van der Waals surface area contributed by atoms with E-state index >= 15 is 0 Å². The third-order valence-electron chi connectivity index (χ3n) is 3.60. The molecule has 0 bridgehead atoms. The second-order valence-corrected chi connectivity index (χ2v) is 7.00. The minimum absolute atomic E-state index is 0.348. The Morgan fingerprint density at radius 3 is 3.04 bits per heavy atom. The van der Waals surface area contributed by atoms with E-state index in [1.165, 1.54) is 0 Å². The Morgan fingerprint density at radius 1 is 1.46 bits per heavy atom. The second-order valence-electron chi connectivity index (χ2n) is 5.23. The minimum atomic E-state index is -1.51.